The van der Waals surface area contributed by atoms with Crippen LogP contribution >= 0.6 is 11.8 Å². The number of ether oxygens (including phenoxy) is 1. The smallest absolute Gasteiger partial charge is 0.310 e. The van der Waals surface area contributed by atoms with Crippen LogP contribution in [0.3, 0.4) is 0 Å². The topological polar surface area (TPSA) is 42.1 Å². The molecule has 24 heavy (non-hydrogen) atoms. The normalized spacial score (nSPS) is 12.0. The minimum absolute atomic E-state index is 0.187. The van der Waals surface area contributed by atoms with Gasteiger partial charge >= 0.3 is 5.97 Å². The lowest BCUT2D eigenvalue weighted by molar-refractivity contribution is -0.153. The van der Waals surface area contributed by atoms with Gasteiger partial charge in [0.2, 0.25) is 0 Å². The number of aromatic nitrogens is 1. The Morgan fingerprint density at radius 1 is 1.25 bits per heavy atom. The van der Waals surface area contributed by atoms with Gasteiger partial charge in [-0.3, -0.25) is 4.79 Å². The molecular weight excluding hydrogens is 318 g/mol. The molecule has 3 nitrogen and oxygen atoms in total. The van der Waals surface area contributed by atoms with Crippen molar-refractivity contribution in [1.82, 2.24) is 4.98 Å². The third-order valence-corrected chi connectivity index (χ3v) is 4.84. The number of aryl methyl sites for hydroxylation is 1. The monoisotopic (exact) mass is 341 g/mol. The van der Waals surface area contributed by atoms with E-state index in [0.29, 0.717) is 6.42 Å². The van der Waals surface area contributed by atoms with Crippen LogP contribution in [0.15, 0.2) is 35.2 Å². The zero-order chi connectivity index (χ0) is 17.5. The Kier molecular flexibility index (Phi) is 4.35. The summed E-state index contributed by atoms with van der Waals surface area (Å²) in [7, 11) is 0. The van der Waals surface area contributed by atoms with Crippen molar-refractivity contribution in [2.45, 2.75) is 44.6 Å². The van der Waals surface area contributed by atoms with Gasteiger partial charge in [0.25, 0.3) is 0 Å². The van der Waals surface area contributed by atoms with E-state index in [1.54, 1.807) is 11.8 Å². The summed E-state index contributed by atoms with van der Waals surface area (Å²) < 4.78 is 5.49. The quantitative estimate of drug-likeness (QED) is 0.523. The summed E-state index contributed by atoms with van der Waals surface area (Å²) in [4.78, 5) is 16.9. The van der Waals surface area contributed by atoms with E-state index >= 15 is 0 Å². The van der Waals surface area contributed by atoms with Gasteiger partial charge in [-0.05, 0) is 51.1 Å². The number of rotatable bonds is 3. The fourth-order valence-corrected chi connectivity index (χ4v) is 3.93. The number of thioether (sulfide) groups is 1. The number of esters is 1. The lowest BCUT2D eigenvalue weighted by Gasteiger charge is -2.20. The predicted octanol–water partition coefficient (Wildman–Crippen LogP) is 5.24. The van der Waals surface area contributed by atoms with Crippen molar-refractivity contribution in [3.63, 3.8) is 0 Å². The Morgan fingerprint density at radius 3 is 2.62 bits per heavy atom. The van der Waals surface area contributed by atoms with E-state index in [9.17, 15) is 4.79 Å². The second-order valence-corrected chi connectivity index (χ2v) is 7.89. The fraction of sp³-hybridized carbons (Fsp3) is 0.350. The Morgan fingerprint density at radius 2 is 1.96 bits per heavy atom. The van der Waals surface area contributed by atoms with Gasteiger partial charge in [0.1, 0.15) is 5.60 Å². The van der Waals surface area contributed by atoms with Gasteiger partial charge in [0, 0.05) is 21.2 Å². The first-order valence-corrected chi connectivity index (χ1v) is 9.31. The molecule has 0 unspecified atom stereocenters. The maximum atomic E-state index is 12.3. The Hall–Kier alpha value is -1.94. The summed E-state index contributed by atoms with van der Waals surface area (Å²) in [6.45, 7) is 7.79. The number of carbonyl (C=O) groups is 1. The van der Waals surface area contributed by atoms with Crippen LogP contribution in [-0.4, -0.2) is 22.8 Å². The zero-order valence-electron chi connectivity index (χ0n) is 14.8. The van der Waals surface area contributed by atoms with Crippen molar-refractivity contribution < 1.29 is 9.53 Å². The van der Waals surface area contributed by atoms with E-state index in [-0.39, 0.29) is 5.97 Å². The summed E-state index contributed by atoms with van der Waals surface area (Å²) >= 11 is 1.67. The van der Waals surface area contributed by atoms with Crippen molar-refractivity contribution in [3.05, 3.63) is 41.5 Å². The maximum Gasteiger partial charge on any atom is 0.310 e. The number of carbonyl (C=O) groups excluding carboxylic acids is 1. The first-order chi connectivity index (χ1) is 11.3. The molecule has 4 heteroatoms. The average Bonchev–Trinajstić information content (AvgIpc) is 2.85. The highest BCUT2D eigenvalue weighted by Crippen LogP contribution is 2.37. The molecule has 126 valence electrons. The molecule has 0 amide bonds. The minimum Gasteiger partial charge on any atom is -0.460 e. The molecule has 0 saturated heterocycles. The SMILES string of the molecule is CSc1c(CC(=O)OC(C)(C)C)cc(C)c2c1[nH]c1ccccc12. The van der Waals surface area contributed by atoms with Crippen molar-refractivity contribution in [3.8, 4) is 0 Å². The van der Waals surface area contributed by atoms with E-state index in [1.807, 2.05) is 33.1 Å². The molecule has 1 heterocycles. The van der Waals surface area contributed by atoms with E-state index in [2.05, 4.69) is 36.2 Å². The van der Waals surface area contributed by atoms with Crippen molar-refractivity contribution in [2.24, 2.45) is 0 Å². The molecule has 0 aliphatic rings. The van der Waals surface area contributed by atoms with Crippen LogP contribution in [0.2, 0.25) is 0 Å². The van der Waals surface area contributed by atoms with Gasteiger partial charge < -0.3 is 9.72 Å². The Labute approximate surface area is 146 Å². The van der Waals surface area contributed by atoms with Crippen molar-refractivity contribution in [1.29, 1.82) is 0 Å². The molecule has 0 aliphatic carbocycles. The molecule has 0 saturated carbocycles. The van der Waals surface area contributed by atoms with Crippen LogP contribution < -0.4 is 0 Å². The molecule has 1 aromatic heterocycles. The molecule has 1 N–H and O–H groups in total. The van der Waals surface area contributed by atoms with Gasteiger partial charge in [-0.1, -0.05) is 24.3 Å². The molecule has 2 aromatic carbocycles. The van der Waals surface area contributed by atoms with Gasteiger partial charge in [-0.15, -0.1) is 11.8 Å². The van der Waals surface area contributed by atoms with E-state index in [1.165, 1.54) is 16.3 Å². The van der Waals surface area contributed by atoms with E-state index in [0.717, 1.165) is 21.5 Å². The van der Waals surface area contributed by atoms with Gasteiger partial charge in [-0.25, -0.2) is 0 Å². The molecule has 0 atom stereocenters. The van der Waals surface area contributed by atoms with Gasteiger partial charge in [-0.2, -0.15) is 0 Å². The highest BCUT2D eigenvalue weighted by atomic mass is 32.2. The number of hydrogen-bond acceptors (Lipinski definition) is 3. The number of nitrogens with one attached hydrogen (secondary N) is 1. The third kappa shape index (κ3) is 3.16. The molecule has 0 spiro atoms. The lowest BCUT2D eigenvalue weighted by atomic mass is 10.0. The van der Waals surface area contributed by atoms with Gasteiger partial charge in [0.05, 0.1) is 11.9 Å². The van der Waals surface area contributed by atoms with Crippen molar-refractivity contribution >= 4 is 39.5 Å². The molecule has 3 aromatic rings. The summed E-state index contributed by atoms with van der Waals surface area (Å²) in [6, 6.07) is 10.4. The number of benzene rings is 2. The number of para-hydroxylation sites is 1. The molecule has 0 radical (unpaired) electrons. The molecule has 0 fully saturated rings. The summed E-state index contributed by atoms with van der Waals surface area (Å²) in [5.74, 6) is -0.187. The van der Waals surface area contributed by atoms with Crippen LogP contribution in [0.1, 0.15) is 31.9 Å². The molecule has 0 aliphatic heterocycles. The zero-order valence-corrected chi connectivity index (χ0v) is 15.6. The van der Waals surface area contributed by atoms with Crippen LogP contribution in [0.25, 0.3) is 21.8 Å². The van der Waals surface area contributed by atoms with Crippen molar-refractivity contribution in [2.75, 3.05) is 6.26 Å². The fourth-order valence-electron chi connectivity index (χ4n) is 3.18. The largest absolute Gasteiger partial charge is 0.460 e. The summed E-state index contributed by atoms with van der Waals surface area (Å²) in [5.41, 5.74) is 3.98. The second kappa shape index (κ2) is 6.17. The summed E-state index contributed by atoms with van der Waals surface area (Å²) in [6.07, 6.45) is 2.34. The first kappa shape index (κ1) is 16.9. The van der Waals surface area contributed by atoms with Crippen LogP contribution in [0.5, 0.6) is 0 Å². The molecular formula is C20H23NO2S. The third-order valence-electron chi connectivity index (χ3n) is 3.97. The number of aromatic amines is 1. The first-order valence-electron chi connectivity index (χ1n) is 8.09. The minimum atomic E-state index is -0.461. The standard InChI is InChI=1S/C20H23NO2S/c1-12-10-13(11-16(22)23-20(2,3)4)19(24-5)18-17(12)14-8-6-7-9-15(14)21-18/h6-10,21H,11H2,1-5H3. The maximum absolute atomic E-state index is 12.3. The highest BCUT2D eigenvalue weighted by molar-refractivity contribution is 7.98. The highest BCUT2D eigenvalue weighted by Gasteiger charge is 2.20. The number of H-pyrrole nitrogens is 1. The van der Waals surface area contributed by atoms with Gasteiger partial charge in [0.15, 0.2) is 0 Å². The lowest BCUT2D eigenvalue weighted by Crippen LogP contribution is -2.25. The van der Waals surface area contributed by atoms with Crippen LogP contribution in [-0.2, 0) is 16.0 Å². The van der Waals surface area contributed by atoms with Crippen LogP contribution in [0, 0.1) is 6.92 Å². The Balaban J connectivity index is 2.12. The number of hydrogen-bond donors (Lipinski definition) is 1. The predicted molar refractivity (Wildman–Crippen MR) is 102 cm³/mol. The van der Waals surface area contributed by atoms with E-state index < -0.39 is 5.60 Å². The van der Waals surface area contributed by atoms with E-state index in [4.69, 9.17) is 4.74 Å². The van der Waals surface area contributed by atoms with Crippen LogP contribution in [0.4, 0.5) is 0 Å². The molecule has 3 rings (SSSR count). The number of fused-ring (bicyclic) bond motifs is 3. The Bertz CT molecular complexity index is 919. The second-order valence-electron chi connectivity index (χ2n) is 7.07. The summed E-state index contributed by atoms with van der Waals surface area (Å²) in [5, 5.41) is 2.46. The molecule has 0 bridgehead atoms. The average molecular weight is 341 g/mol.